The summed E-state index contributed by atoms with van der Waals surface area (Å²) in [4.78, 5) is 11.0. The number of anilines is 1. The van der Waals surface area contributed by atoms with Crippen LogP contribution in [0.25, 0.3) is 0 Å². The van der Waals surface area contributed by atoms with Gasteiger partial charge in [0.2, 0.25) is 0 Å². The lowest BCUT2D eigenvalue weighted by Gasteiger charge is -2.10. The Morgan fingerprint density at radius 1 is 1.48 bits per heavy atom. The predicted molar refractivity (Wildman–Crippen MR) is 80.1 cm³/mol. The van der Waals surface area contributed by atoms with E-state index in [9.17, 15) is 13.2 Å². The lowest BCUT2D eigenvalue weighted by Crippen LogP contribution is -2.17. The molecule has 0 radical (unpaired) electrons. The number of hydrogen-bond acceptors (Lipinski definition) is 4. The first-order chi connectivity index (χ1) is 9.72. The molecule has 0 saturated heterocycles. The van der Waals surface area contributed by atoms with Gasteiger partial charge in [0.1, 0.15) is 5.56 Å². The number of nitrogens with zero attached hydrogens (tertiary/aromatic N) is 2. The highest BCUT2D eigenvalue weighted by Gasteiger charge is 2.22. The number of aryl methyl sites for hydroxylation is 1. The fourth-order valence-electron chi connectivity index (χ4n) is 1.55. The molecule has 112 valence electrons. The zero-order chi connectivity index (χ0) is 15.8. The number of aromatic nitrogens is 2. The number of nitrogens with one attached hydrogen (secondary N) is 1. The summed E-state index contributed by atoms with van der Waals surface area (Å²) >= 11 is 8.94. The van der Waals surface area contributed by atoms with Crippen LogP contribution >= 0.6 is 27.5 Å². The Balaban J connectivity index is 2.44. The summed E-state index contributed by atoms with van der Waals surface area (Å²) < 4.78 is 28.3. The topological polar surface area (TPSA) is 101 Å². The molecule has 2 rings (SSSR count). The molecule has 10 heteroatoms. The smallest absolute Gasteiger partial charge is 0.341 e. The van der Waals surface area contributed by atoms with Gasteiger partial charge in [0.15, 0.2) is 5.82 Å². The summed E-state index contributed by atoms with van der Waals surface area (Å²) in [5.41, 5.74) is -0.242. The van der Waals surface area contributed by atoms with Crippen LogP contribution < -0.4 is 4.72 Å². The van der Waals surface area contributed by atoms with Gasteiger partial charge in [0.25, 0.3) is 10.0 Å². The van der Waals surface area contributed by atoms with Gasteiger partial charge in [-0.15, -0.1) is 0 Å². The van der Waals surface area contributed by atoms with Crippen molar-refractivity contribution in [1.82, 2.24) is 9.78 Å². The molecule has 0 unspecified atom stereocenters. The Hall–Kier alpha value is -1.58. The van der Waals surface area contributed by atoms with Crippen molar-refractivity contribution in [3.8, 4) is 0 Å². The molecule has 2 N–H and O–H groups in total. The van der Waals surface area contributed by atoms with Crippen LogP contribution in [-0.4, -0.2) is 29.3 Å². The average molecular weight is 395 g/mol. The summed E-state index contributed by atoms with van der Waals surface area (Å²) in [5.74, 6) is -1.41. The van der Waals surface area contributed by atoms with Gasteiger partial charge < -0.3 is 5.11 Å². The standard InChI is InChI=1S/C11H9BrClN3O4S/c1-16-10(7(5-14-16)11(17)18)15-21(19,20)6-2-3-9(13)8(12)4-6/h2-5,15H,1H3,(H,17,18). The van der Waals surface area contributed by atoms with Crippen molar-refractivity contribution in [1.29, 1.82) is 0 Å². The number of carboxylic acid groups (broad SMARTS) is 1. The summed E-state index contributed by atoms with van der Waals surface area (Å²) in [6, 6.07) is 4.05. The Morgan fingerprint density at radius 2 is 2.14 bits per heavy atom. The van der Waals surface area contributed by atoms with Crippen LogP contribution in [0.4, 0.5) is 5.82 Å². The normalized spacial score (nSPS) is 11.4. The molecule has 0 aliphatic carbocycles. The maximum absolute atomic E-state index is 12.3. The van der Waals surface area contributed by atoms with Gasteiger partial charge in [0.05, 0.1) is 16.1 Å². The number of benzene rings is 1. The molecular formula is C11H9BrClN3O4S. The second-order valence-corrected chi connectivity index (χ2v) is 6.96. The first-order valence-electron chi connectivity index (χ1n) is 5.45. The van der Waals surface area contributed by atoms with Crippen LogP contribution in [0.1, 0.15) is 10.4 Å². The van der Waals surface area contributed by atoms with E-state index in [2.05, 4.69) is 25.8 Å². The number of carboxylic acids is 1. The number of rotatable bonds is 4. The van der Waals surface area contributed by atoms with E-state index >= 15 is 0 Å². The van der Waals surface area contributed by atoms with Gasteiger partial charge in [-0.05, 0) is 34.1 Å². The number of hydrogen-bond donors (Lipinski definition) is 2. The maximum atomic E-state index is 12.3. The highest BCUT2D eigenvalue weighted by molar-refractivity contribution is 9.10. The first kappa shape index (κ1) is 15.8. The second-order valence-electron chi connectivity index (χ2n) is 4.02. The summed E-state index contributed by atoms with van der Waals surface area (Å²) in [6.07, 6.45) is 1.07. The molecule has 1 aromatic heterocycles. The van der Waals surface area contributed by atoms with E-state index < -0.39 is 16.0 Å². The van der Waals surface area contributed by atoms with Crippen molar-refractivity contribution < 1.29 is 18.3 Å². The SMILES string of the molecule is Cn1ncc(C(=O)O)c1NS(=O)(=O)c1ccc(Cl)c(Br)c1. The van der Waals surface area contributed by atoms with Crippen LogP contribution in [0.15, 0.2) is 33.8 Å². The molecular weight excluding hydrogens is 386 g/mol. The van der Waals surface area contributed by atoms with Crippen LogP contribution in [0, 0.1) is 0 Å². The van der Waals surface area contributed by atoms with Gasteiger partial charge in [-0.1, -0.05) is 11.6 Å². The monoisotopic (exact) mass is 393 g/mol. The van der Waals surface area contributed by atoms with Crippen molar-refractivity contribution in [2.45, 2.75) is 4.90 Å². The summed E-state index contributed by atoms with van der Waals surface area (Å²) in [5, 5.41) is 13.1. The second kappa shape index (κ2) is 5.66. The molecule has 0 bridgehead atoms. The molecule has 0 fully saturated rings. The Labute approximate surface area is 133 Å². The average Bonchev–Trinajstić information content (AvgIpc) is 2.74. The van der Waals surface area contributed by atoms with Gasteiger partial charge >= 0.3 is 5.97 Å². The van der Waals surface area contributed by atoms with Crippen molar-refractivity contribution in [2.75, 3.05) is 4.72 Å². The molecule has 1 aromatic carbocycles. The Kier molecular flexibility index (Phi) is 4.26. The molecule has 0 amide bonds. The van der Waals surface area contributed by atoms with E-state index in [-0.39, 0.29) is 16.3 Å². The lowest BCUT2D eigenvalue weighted by atomic mass is 10.3. The predicted octanol–water partition coefficient (Wildman–Crippen LogP) is 2.33. The van der Waals surface area contributed by atoms with Gasteiger partial charge in [-0.25, -0.2) is 13.2 Å². The third-order valence-electron chi connectivity index (χ3n) is 2.60. The van der Waals surface area contributed by atoms with E-state index in [1.807, 2.05) is 0 Å². The van der Waals surface area contributed by atoms with Crippen LogP contribution in [-0.2, 0) is 17.1 Å². The van der Waals surface area contributed by atoms with E-state index in [1.54, 1.807) is 0 Å². The molecule has 2 aromatic rings. The fraction of sp³-hybridized carbons (Fsp3) is 0.0909. The minimum Gasteiger partial charge on any atom is -0.477 e. The van der Waals surface area contributed by atoms with Crippen LogP contribution in [0.3, 0.4) is 0 Å². The summed E-state index contributed by atoms with van der Waals surface area (Å²) in [6.45, 7) is 0. The molecule has 0 saturated carbocycles. The minimum atomic E-state index is -3.96. The zero-order valence-corrected chi connectivity index (χ0v) is 13.7. The highest BCUT2D eigenvalue weighted by atomic mass is 79.9. The van der Waals surface area contributed by atoms with E-state index in [4.69, 9.17) is 16.7 Å². The van der Waals surface area contributed by atoms with Crippen LogP contribution in [0.2, 0.25) is 5.02 Å². The van der Waals surface area contributed by atoms with Crippen molar-refractivity contribution >= 4 is 49.3 Å². The Bertz CT molecular complexity index is 819. The van der Waals surface area contributed by atoms with E-state index in [0.29, 0.717) is 9.50 Å². The number of carbonyl (C=O) groups is 1. The number of halogens is 2. The largest absolute Gasteiger partial charge is 0.477 e. The van der Waals surface area contributed by atoms with Gasteiger partial charge in [-0.2, -0.15) is 5.10 Å². The third kappa shape index (κ3) is 3.20. The lowest BCUT2D eigenvalue weighted by molar-refractivity contribution is 0.0698. The summed E-state index contributed by atoms with van der Waals surface area (Å²) in [7, 11) is -2.53. The molecule has 0 spiro atoms. The molecule has 7 nitrogen and oxygen atoms in total. The highest BCUT2D eigenvalue weighted by Crippen LogP contribution is 2.27. The van der Waals surface area contributed by atoms with Crippen LogP contribution in [0.5, 0.6) is 0 Å². The maximum Gasteiger partial charge on any atom is 0.341 e. The quantitative estimate of drug-likeness (QED) is 0.829. The zero-order valence-electron chi connectivity index (χ0n) is 10.5. The van der Waals surface area contributed by atoms with Crippen molar-refractivity contribution in [3.05, 3.63) is 39.5 Å². The first-order valence-corrected chi connectivity index (χ1v) is 8.11. The van der Waals surface area contributed by atoms with Gasteiger partial charge in [0, 0.05) is 11.5 Å². The van der Waals surface area contributed by atoms with Crippen molar-refractivity contribution in [3.63, 3.8) is 0 Å². The molecule has 0 aliphatic rings. The molecule has 21 heavy (non-hydrogen) atoms. The molecule has 0 atom stereocenters. The van der Waals surface area contributed by atoms with Crippen molar-refractivity contribution in [2.24, 2.45) is 7.05 Å². The molecule has 1 heterocycles. The minimum absolute atomic E-state index is 0.0590. The van der Waals surface area contributed by atoms with E-state index in [1.165, 1.54) is 25.2 Å². The number of aromatic carboxylic acids is 1. The van der Waals surface area contributed by atoms with Gasteiger partial charge in [-0.3, -0.25) is 9.40 Å². The van der Waals surface area contributed by atoms with E-state index in [0.717, 1.165) is 10.9 Å². The number of sulfonamides is 1. The fourth-order valence-corrected chi connectivity index (χ4v) is 3.33. The molecule has 0 aliphatic heterocycles. The third-order valence-corrected chi connectivity index (χ3v) is 5.15. The Morgan fingerprint density at radius 3 is 2.71 bits per heavy atom.